The molecular weight excluding hydrogens is 341 g/mol. The lowest BCUT2D eigenvalue weighted by Crippen LogP contribution is -2.24. The van der Waals surface area contributed by atoms with Crippen LogP contribution in [0.3, 0.4) is 0 Å². The standard InChI is InChI=1S/C16H13Cl2NO4/c17-11-6-4-10(5-7-11)8-19-16(22)15-12(18)2-1-3-13(15)23-9-14(20)21/h1-7H,8-9H2,(H,19,22)(H,20,21). The van der Waals surface area contributed by atoms with E-state index in [1.807, 2.05) is 0 Å². The maximum Gasteiger partial charge on any atom is 0.341 e. The van der Waals surface area contributed by atoms with E-state index in [9.17, 15) is 9.59 Å². The van der Waals surface area contributed by atoms with E-state index in [-0.39, 0.29) is 22.9 Å². The highest BCUT2D eigenvalue weighted by atomic mass is 35.5. The van der Waals surface area contributed by atoms with Crippen molar-refractivity contribution in [1.29, 1.82) is 0 Å². The molecule has 2 N–H and O–H groups in total. The maximum atomic E-state index is 12.3. The van der Waals surface area contributed by atoms with Crippen molar-refractivity contribution in [3.8, 4) is 5.75 Å². The second-order valence-corrected chi connectivity index (χ2v) is 5.45. The van der Waals surface area contributed by atoms with Crippen molar-refractivity contribution in [2.45, 2.75) is 6.54 Å². The zero-order valence-corrected chi connectivity index (χ0v) is 13.4. The summed E-state index contributed by atoms with van der Waals surface area (Å²) in [6.45, 7) is -0.280. The Morgan fingerprint density at radius 2 is 1.78 bits per heavy atom. The summed E-state index contributed by atoms with van der Waals surface area (Å²) in [6.07, 6.45) is 0. The lowest BCUT2D eigenvalue weighted by Gasteiger charge is -2.12. The van der Waals surface area contributed by atoms with E-state index >= 15 is 0 Å². The molecule has 0 radical (unpaired) electrons. The second-order valence-electron chi connectivity index (χ2n) is 4.60. The highest BCUT2D eigenvalue weighted by molar-refractivity contribution is 6.34. The molecule has 0 aromatic heterocycles. The Morgan fingerprint density at radius 3 is 2.43 bits per heavy atom. The van der Waals surface area contributed by atoms with Crippen LogP contribution in [0.1, 0.15) is 15.9 Å². The molecule has 0 heterocycles. The molecule has 5 nitrogen and oxygen atoms in total. The number of amides is 1. The van der Waals surface area contributed by atoms with Crippen LogP contribution in [0.25, 0.3) is 0 Å². The molecule has 2 aromatic carbocycles. The van der Waals surface area contributed by atoms with Crippen molar-refractivity contribution in [2.24, 2.45) is 0 Å². The van der Waals surface area contributed by atoms with Gasteiger partial charge >= 0.3 is 5.97 Å². The molecule has 0 fully saturated rings. The van der Waals surface area contributed by atoms with E-state index in [2.05, 4.69) is 5.32 Å². The number of carboxylic acid groups (broad SMARTS) is 1. The third kappa shape index (κ3) is 4.87. The van der Waals surface area contributed by atoms with Gasteiger partial charge in [-0.1, -0.05) is 41.4 Å². The lowest BCUT2D eigenvalue weighted by molar-refractivity contribution is -0.139. The van der Waals surface area contributed by atoms with Gasteiger partial charge in [0, 0.05) is 11.6 Å². The number of benzene rings is 2. The Morgan fingerprint density at radius 1 is 1.09 bits per heavy atom. The van der Waals surface area contributed by atoms with Crippen LogP contribution in [0.15, 0.2) is 42.5 Å². The molecule has 0 unspecified atom stereocenters. The van der Waals surface area contributed by atoms with E-state index < -0.39 is 18.5 Å². The van der Waals surface area contributed by atoms with Crippen LogP contribution in [-0.4, -0.2) is 23.6 Å². The van der Waals surface area contributed by atoms with Crippen molar-refractivity contribution in [2.75, 3.05) is 6.61 Å². The smallest absolute Gasteiger partial charge is 0.341 e. The summed E-state index contributed by atoms with van der Waals surface area (Å²) in [5, 5.41) is 12.2. The molecule has 120 valence electrons. The Kier molecular flexibility index (Phi) is 5.84. The number of nitrogens with one attached hydrogen (secondary N) is 1. The van der Waals surface area contributed by atoms with Crippen LogP contribution in [0.2, 0.25) is 10.0 Å². The lowest BCUT2D eigenvalue weighted by atomic mass is 10.1. The fourth-order valence-electron chi connectivity index (χ4n) is 1.86. The first-order valence-corrected chi connectivity index (χ1v) is 7.38. The second kappa shape index (κ2) is 7.85. The summed E-state index contributed by atoms with van der Waals surface area (Å²) in [4.78, 5) is 22.9. The van der Waals surface area contributed by atoms with Gasteiger partial charge in [-0.15, -0.1) is 0 Å². The first-order valence-electron chi connectivity index (χ1n) is 6.63. The number of ether oxygens (including phenoxy) is 1. The van der Waals surface area contributed by atoms with E-state index in [1.54, 1.807) is 30.3 Å². The number of rotatable bonds is 6. The monoisotopic (exact) mass is 353 g/mol. The van der Waals surface area contributed by atoms with Gasteiger partial charge in [-0.05, 0) is 29.8 Å². The number of aliphatic carboxylic acids is 1. The molecule has 0 spiro atoms. The van der Waals surface area contributed by atoms with Gasteiger partial charge in [0.25, 0.3) is 5.91 Å². The summed E-state index contributed by atoms with van der Waals surface area (Å²) in [5.74, 6) is -1.48. The van der Waals surface area contributed by atoms with Crippen LogP contribution in [-0.2, 0) is 11.3 Å². The Hall–Kier alpha value is -2.24. The molecule has 0 bridgehead atoms. The molecule has 2 rings (SSSR count). The van der Waals surface area contributed by atoms with Crippen molar-refractivity contribution in [1.82, 2.24) is 5.32 Å². The van der Waals surface area contributed by atoms with Gasteiger partial charge in [0.05, 0.1) is 10.6 Å². The van der Waals surface area contributed by atoms with Crippen molar-refractivity contribution < 1.29 is 19.4 Å². The Labute approximate surface area is 142 Å². The summed E-state index contributed by atoms with van der Waals surface area (Å²) in [6, 6.07) is 11.6. The van der Waals surface area contributed by atoms with E-state index in [0.29, 0.717) is 5.02 Å². The molecule has 0 saturated carbocycles. The normalized spacial score (nSPS) is 10.2. The number of hydrogen-bond donors (Lipinski definition) is 2. The van der Waals surface area contributed by atoms with E-state index in [4.69, 9.17) is 33.0 Å². The number of halogens is 2. The number of carbonyl (C=O) groups is 2. The number of carbonyl (C=O) groups excluding carboxylic acids is 1. The zero-order chi connectivity index (χ0) is 16.8. The fourth-order valence-corrected chi connectivity index (χ4v) is 2.24. The third-order valence-electron chi connectivity index (χ3n) is 2.92. The van der Waals surface area contributed by atoms with Crippen LogP contribution >= 0.6 is 23.2 Å². The van der Waals surface area contributed by atoms with Crippen molar-refractivity contribution >= 4 is 35.1 Å². The average Bonchev–Trinajstić information content (AvgIpc) is 2.52. The molecule has 2 aromatic rings. The van der Waals surface area contributed by atoms with Gasteiger partial charge in [0.1, 0.15) is 5.75 Å². The minimum atomic E-state index is -1.14. The number of hydrogen-bond acceptors (Lipinski definition) is 3. The molecule has 23 heavy (non-hydrogen) atoms. The predicted octanol–water partition coefficient (Wildman–Crippen LogP) is 3.39. The average molecular weight is 354 g/mol. The topological polar surface area (TPSA) is 75.6 Å². The third-order valence-corrected chi connectivity index (χ3v) is 3.49. The molecule has 0 aliphatic rings. The van der Waals surface area contributed by atoms with Crippen LogP contribution in [0, 0.1) is 0 Å². The summed E-state index contributed by atoms with van der Waals surface area (Å²) >= 11 is 11.8. The van der Waals surface area contributed by atoms with Gasteiger partial charge in [-0.2, -0.15) is 0 Å². The molecule has 1 amide bonds. The molecular formula is C16H13Cl2NO4. The van der Waals surface area contributed by atoms with Crippen LogP contribution in [0.4, 0.5) is 0 Å². The summed E-state index contributed by atoms with van der Waals surface area (Å²) in [7, 11) is 0. The van der Waals surface area contributed by atoms with Crippen molar-refractivity contribution in [3.05, 3.63) is 63.6 Å². The molecule has 0 aliphatic carbocycles. The van der Waals surface area contributed by atoms with Gasteiger partial charge < -0.3 is 15.2 Å². The molecule has 7 heteroatoms. The van der Waals surface area contributed by atoms with E-state index in [0.717, 1.165) is 5.56 Å². The van der Waals surface area contributed by atoms with Gasteiger partial charge in [0.2, 0.25) is 0 Å². The van der Waals surface area contributed by atoms with Gasteiger partial charge in [0.15, 0.2) is 6.61 Å². The number of carboxylic acids is 1. The fraction of sp³-hybridized carbons (Fsp3) is 0.125. The first kappa shape index (κ1) is 17.1. The minimum absolute atomic E-state index is 0.101. The van der Waals surface area contributed by atoms with Crippen LogP contribution in [0.5, 0.6) is 5.75 Å². The van der Waals surface area contributed by atoms with Crippen LogP contribution < -0.4 is 10.1 Å². The zero-order valence-electron chi connectivity index (χ0n) is 11.9. The van der Waals surface area contributed by atoms with Crippen molar-refractivity contribution in [3.63, 3.8) is 0 Å². The molecule has 0 atom stereocenters. The van der Waals surface area contributed by atoms with Gasteiger partial charge in [-0.3, -0.25) is 4.79 Å². The molecule has 0 aliphatic heterocycles. The first-order chi connectivity index (χ1) is 11.0. The largest absolute Gasteiger partial charge is 0.481 e. The predicted molar refractivity (Wildman–Crippen MR) is 87.2 cm³/mol. The highest BCUT2D eigenvalue weighted by Crippen LogP contribution is 2.26. The Bertz CT molecular complexity index is 717. The summed E-state index contributed by atoms with van der Waals surface area (Å²) in [5.41, 5.74) is 0.965. The Balaban J connectivity index is 2.11. The van der Waals surface area contributed by atoms with Gasteiger partial charge in [-0.25, -0.2) is 4.79 Å². The molecule has 0 saturated heterocycles. The quantitative estimate of drug-likeness (QED) is 0.834. The maximum absolute atomic E-state index is 12.3. The van der Waals surface area contributed by atoms with E-state index in [1.165, 1.54) is 12.1 Å². The SMILES string of the molecule is O=C(O)COc1cccc(Cl)c1C(=O)NCc1ccc(Cl)cc1. The highest BCUT2D eigenvalue weighted by Gasteiger charge is 2.17. The minimum Gasteiger partial charge on any atom is -0.481 e. The summed E-state index contributed by atoms with van der Waals surface area (Å²) < 4.78 is 5.11.